The molecule has 0 amide bonds. The van der Waals surface area contributed by atoms with Crippen molar-refractivity contribution in [2.75, 3.05) is 0 Å². The highest BCUT2D eigenvalue weighted by molar-refractivity contribution is 7.32. The van der Waals surface area contributed by atoms with Gasteiger partial charge in [-0.2, -0.15) is 0 Å². The van der Waals surface area contributed by atoms with Crippen molar-refractivity contribution < 1.29 is 0 Å². The van der Waals surface area contributed by atoms with Crippen LogP contribution in [0.2, 0.25) is 0 Å². The molecule has 0 atom stereocenters. The zero-order valence-corrected chi connectivity index (χ0v) is 37.5. The van der Waals surface area contributed by atoms with Gasteiger partial charge in [-0.05, 0) is 134 Å². The number of benzene rings is 2. The largest absolute Gasteiger partial charge is 0.134 e. The second kappa shape index (κ2) is 15.1. The van der Waals surface area contributed by atoms with Gasteiger partial charge in [0.1, 0.15) is 0 Å². The molecule has 0 aliphatic heterocycles. The van der Waals surface area contributed by atoms with Gasteiger partial charge < -0.3 is 0 Å². The molecule has 274 valence electrons. The maximum atomic E-state index is 2.38. The van der Waals surface area contributed by atoms with E-state index >= 15 is 0 Å². The summed E-state index contributed by atoms with van der Waals surface area (Å²) < 4.78 is 0. The molecule has 0 unspecified atom stereocenters. The summed E-state index contributed by atoms with van der Waals surface area (Å²) in [6.45, 7) is 9.00. The normalized spacial score (nSPS) is 11.6. The van der Waals surface area contributed by atoms with E-state index in [0.29, 0.717) is 0 Å². The molecule has 8 heterocycles. The van der Waals surface area contributed by atoms with Crippen molar-refractivity contribution in [2.24, 2.45) is 0 Å². The van der Waals surface area contributed by atoms with E-state index in [2.05, 4.69) is 161 Å². The molecule has 56 heavy (non-hydrogen) atoms. The molecule has 0 radical (unpaired) electrons. The summed E-state index contributed by atoms with van der Waals surface area (Å²) in [6, 6.07) is 49.4. The van der Waals surface area contributed by atoms with Crippen LogP contribution < -0.4 is 0 Å². The second-order valence-corrected chi connectivity index (χ2v) is 22.4. The number of aryl methyl sites for hydroxylation is 4. The number of thiophene rings is 8. The average Bonchev–Trinajstić information content (AvgIpc) is 4.06. The quantitative estimate of drug-likeness (QED) is 0.136. The molecular formula is C48H34S8. The van der Waals surface area contributed by atoms with Crippen molar-refractivity contribution in [3.05, 3.63) is 156 Å². The van der Waals surface area contributed by atoms with Gasteiger partial charge in [-0.1, -0.05) is 60.7 Å². The summed E-state index contributed by atoms with van der Waals surface area (Å²) in [7, 11) is 0. The van der Waals surface area contributed by atoms with Crippen LogP contribution in [-0.4, -0.2) is 0 Å². The molecule has 8 aromatic heterocycles. The van der Waals surface area contributed by atoms with Gasteiger partial charge in [0.25, 0.3) is 0 Å². The Balaban J connectivity index is 0.851. The molecular weight excluding hydrogens is 833 g/mol. The summed E-state index contributed by atoms with van der Waals surface area (Å²) in [5.74, 6) is 0. The Bertz CT molecular complexity index is 2960. The van der Waals surface area contributed by atoms with Crippen molar-refractivity contribution in [1.82, 2.24) is 0 Å². The first-order valence-corrected chi connectivity index (χ1v) is 24.8. The van der Waals surface area contributed by atoms with Gasteiger partial charge in [-0.25, -0.2) is 0 Å². The molecule has 0 N–H and O–H groups in total. The standard InChI is InChI=1S/C48H34S8/c1-27-25-43(55-45(27)32-13-9-6-10-14-32)48-29(3)24-42(54-48)39-20-19-36(51-39)35-16-15-33(49-35)34-17-18-37(50-34)38-21-22-40(52-38)46-30(4)26-44(56-46)47-28(2)23-41(53-47)31-11-7-5-8-12-31/h5-26H,1-4H3. The van der Waals surface area contributed by atoms with Gasteiger partial charge in [0, 0.05) is 78.0 Å². The van der Waals surface area contributed by atoms with E-state index in [1.165, 1.54) is 111 Å². The topological polar surface area (TPSA) is 0 Å². The first-order valence-electron chi connectivity index (χ1n) is 18.3. The molecule has 10 aromatic rings. The van der Waals surface area contributed by atoms with Crippen LogP contribution in [0.3, 0.4) is 0 Å². The highest BCUT2D eigenvalue weighted by Gasteiger charge is 2.19. The minimum Gasteiger partial charge on any atom is -0.134 e. The third kappa shape index (κ3) is 6.90. The van der Waals surface area contributed by atoms with Crippen LogP contribution in [0.15, 0.2) is 133 Å². The molecule has 2 aromatic carbocycles. The van der Waals surface area contributed by atoms with Crippen LogP contribution in [-0.2, 0) is 0 Å². The number of hydrogen-bond acceptors (Lipinski definition) is 8. The maximum absolute atomic E-state index is 2.38. The molecule has 0 spiro atoms. The first-order chi connectivity index (χ1) is 27.3. The van der Waals surface area contributed by atoms with E-state index in [0.717, 1.165) is 0 Å². The van der Waals surface area contributed by atoms with E-state index in [9.17, 15) is 0 Å². The molecule has 0 aliphatic rings. The zero-order chi connectivity index (χ0) is 37.9. The van der Waals surface area contributed by atoms with Crippen LogP contribution in [0, 0.1) is 27.7 Å². The van der Waals surface area contributed by atoms with Crippen LogP contribution in [0.4, 0.5) is 0 Å². The Hall–Kier alpha value is -3.96. The highest BCUT2D eigenvalue weighted by atomic mass is 32.1. The zero-order valence-electron chi connectivity index (χ0n) is 31.0. The van der Waals surface area contributed by atoms with Crippen LogP contribution in [0.5, 0.6) is 0 Å². The summed E-state index contributed by atoms with van der Waals surface area (Å²) in [5.41, 5.74) is 8.00. The van der Waals surface area contributed by atoms with E-state index in [1.807, 2.05) is 90.7 Å². The first kappa shape index (κ1) is 36.4. The van der Waals surface area contributed by atoms with Gasteiger partial charge in [0.15, 0.2) is 0 Å². The van der Waals surface area contributed by atoms with E-state index in [1.54, 1.807) is 0 Å². The van der Waals surface area contributed by atoms with E-state index in [-0.39, 0.29) is 0 Å². The van der Waals surface area contributed by atoms with Crippen molar-refractivity contribution in [3.8, 4) is 89.2 Å². The average molecular weight is 867 g/mol. The van der Waals surface area contributed by atoms with Crippen LogP contribution >= 0.6 is 90.7 Å². The van der Waals surface area contributed by atoms with Gasteiger partial charge in [-0.15, -0.1) is 90.7 Å². The predicted molar refractivity (Wildman–Crippen MR) is 257 cm³/mol. The minimum atomic E-state index is 1.29. The lowest BCUT2D eigenvalue weighted by molar-refractivity contribution is 1.52. The molecule has 0 saturated carbocycles. The number of hydrogen-bond donors (Lipinski definition) is 0. The Kier molecular flexibility index (Phi) is 9.80. The Morgan fingerprint density at radius 2 is 0.536 bits per heavy atom. The minimum absolute atomic E-state index is 1.29. The predicted octanol–water partition coefficient (Wildman–Crippen LogP) is 18.4. The Labute approximate surface area is 360 Å². The third-order valence-electron chi connectivity index (χ3n) is 9.83. The molecule has 0 bridgehead atoms. The molecule has 0 fully saturated rings. The van der Waals surface area contributed by atoms with Gasteiger partial charge in [0.05, 0.1) is 0 Å². The van der Waals surface area contributed by atoms with Crippen molar-refractivity contribution in [2.45, 2.75) is 27.7 Å². The SMILES string of the molecule is Cc1cc(-c2sc(-c3ccc(-c4ccc(-c5ccc(-c6ccc(-c7sc(-c8sc(-c9ccccc9)cc8C)cc7C)s6)s5)s4)s3)cc2C)sc1-c1ccccc1. The molecule has 8 heteroatoms. The molecule has 0 saturated heterocycles. The maximum Gasteiger partial charge on any atom is 0.0479 e. The Morgan fingerprint density at radius 1 is 0.232 bits per heavy atom. The second-order valence-electron chi connectivity index (χ2n) is 13.9. The highest BCUT2D eigenvalue weighted by Crippen LogP contribution is 2.50. The van der Waals surface area contributed by atoms with Gasteiger partial charge in [-0.3, -0.25) is 0 Å². The Morgan fingerprint density at radius 3 is 1.04 bits per heavy atom. The summed E-state index contributed by atoms with van der Waals surface area (Å²) in [5, 5.41) is 0. The van der Waals surface area contributed by atoms with Crippen molar-refractivity contribution >= 4 is 90.7 Å². The fourth-order valence-electron chi connectivity index (χ4n) is 7.03. The molecule has 0 nitrogen and oxygen atoms in total. The van der Waals surface area contributed by atoms with Crippen molar-refractivity contribution in [1.29, 1.82) is 0 Å². The number of rotatable bonds is 9. The fraction of sp³-hybridized carbons (Fsp3) is 0.0833. The lowest BCUT2D eigenvalue weighted by Crippen LogP contribution is -1.72. The van der Waals surface area contributed by atoms with Crippen LogP contribution in [0.25, 0.3) is 89.2 Å². The van der Waals surface area contributed by atoms with E-state index < -0.39 is 0 Å². The monoisotopic (exact) mass is 866 g/mol. The van der Waals surface area contributed by atoms with Crippen LogP contribution in [0.1, 0.15) is 22.3 Å². The molecule has 10 rings (SSSR count). The molecule has 0 aliphatic carbocycles. The summed E-state index contributed by atoms with van der Waals surface area (Å²) >= 11 is 15.3. The van der Waals surface area contributed by atoms with E-state index in [4.69, 9.17) is 0 Å². The van der Waals surface area contributed by atoms with Gasteiger partial charge >= 0.3 is 0 Å². The summed E-state index contributed by atoms with van der Waals surface area (Å²) in [6.07, 6.45) is 0. The summed E-state index contributed by atoms with van der Waals surface area (Å²) in [4.78, 5) is 21.6. The lowest BCUT2D eigenvalue weighted by Gasteiger charge is -1.98. The third-order valence-corrected chi connectivity index (χ3v) is 20.5. The lowest BCUT2D eigenvalue weighted by atomic mass is 10.1. The van der Waals surface area contributed by atoms with Gasteiger partial charge in [0.2, 0.25) is 0 Å². The smallest absolute Gasteiger partial charge is 0.0479 e. The van der Waals surface area contributed by atoms with Crippen molar-refractivity contribution in [3.63, 3.8) is 0 Å². The fourth-order valence-corrected chi connectivity index (χ4v) is 16.6.